The molecule has 0 aliphatic heterocycles. The molecule has 0 radical (unpaired) electrons. The highest BCUT2D eigenvalue weighted by Crippen LogP contribution is 2.25. The van der Waals surface area contributed by atoms with Gasteiger partial charge in [-0.05, 0) is 32.4 Å². The summed E-state index contributed by atoms with van der Waals surface area (Å²) in [6.07, 6.45) is -0.810. The molecule has 0 unspecified atom stereocenters. The molecule has 0 spiro atoms. The highest BCUT2D eigenvalue weighted by Gasteiger charge is 2.25. The molecule has 122 valence electrons. The molecule has 0 saturated heterocycles. The van der Waals surface area contributed by atoms with Crippen LogP contribution in [0, 0.1) is 0 Å². The van der Waals surface area contributed by atoms with Crippen molar-refractivity contribution < 1.29 is 29.3 Å². The SMILES string of the molecule is COc1cc(O)ccc1C[C@H](NC(=O)OC(C)(C)C)C(=O)O. The van der Waals surface area contributed by atoms with E-state index in [4.69, 9.17) is 9.47 Å². The maximum absolute atomic E-state index is 11.7. The van der Waals surface area contributed by atoms with Crippen molar-refractivity contribution in [2.75, 3.05) is 7.11 Å². The topological polar surface area (TPSA) is 105 Å². The molecule has 0 heterocycles. The lowest BCUT2D eigenvalue weighted by atomic mass is 10.0. The van der Waals surface area contributed by atoms with Crippen molar-refractivity contribution in [2.24, 2.45) is 0 Å². The summed E-state index contributed by atoms with van der Waals surface area (Å²) < 4.78 is 10.1. The summed E-state index contributed by atoms with van der Waals surface area (Å²) in [5.74, 6) is -0.842. The number of phenolic OH excluding ortho intramolecular Hbond substituents is 1. The average Bonchev–Trinajstić information content (AvgIpc) is 2.37. The first-order chi connectivity index (χ1) is 10.1. The van der Waals surface area contributed by atoms with E-state index in [1.165, 1.54) is 19.2 Å². The number of hydrogen-bond donors (Lipinski definition) is 3. The number of hydrogen-bond acceptors (Lipinski definition) is 5. The van der Waals surface area contributed by atoms with E-state index in [9.17, 15) is 19.8 Å². The van der Waals surface area contributed by atoms with E-state index in [0.29, 0.717) is 11.3 Å². The molecule has 1 aromatic carbocycles. The molecule has 0 aliphatic carbocycles. The molecule has 1 rings (SSSR count). The molecular weight excluding hydrogens is 290 g/mol. The summed E-state index contributed by atoms with van der Waals surface area (Å²) in [4.78, 5) is 23.0. The van der Waals surface area contributed by atoms with Crippen LogP contribution < -0.4 is 10.1 Å². The minimum absolute atomic E-state index is 0.00195. The Morgan fingerprint density at radius 3 is 2.45 bits per heavy atom. The normalized spacial score (nSPS) is 12.4. The lowest BCUT2D eigenvalue weighted by Crippen LogP contribution is -2.44. The third-order valence-corrected chi connectivity index (χ3v) is 2.68. The highest BCUT2D eigenvalue weighted by molar-refractivity contribution is 5.80. The van der Waals surface area contributed by atoms with Crippen LogP contribution in [0.15, 0.2) is 18.2 Å². The molecule has 0 bridgehead atoms. The molecule has 0 fully saturated rings. The zero-order chi connectivity index (χ0) is 16.9. The molecule has 0 aliphatic rings. The van der Waals surface area contributed by atoms with Gasteiger partial charge in [0.05, 0.1) is 7.11 Å². The van der Waals surface area contributed by atoms with Gasteiger partial charge in [0.2, 0.25) is 0 Å². The van der Waals surface area contributed by atoms with E-state index < -0.39 is 23.7 Å². The van der Waals surface area contributed by atoms with Gasteiger partial charge in [-0.3, -0.25) is 0 Å². The van der Waals surface area contributed by atoms with Gasteiger partial charge in [-0.25, -0.2) is 9.59 Å². The predicted octanol–water partition coefficient (Wildman–Crippen LogP) is 1.92. The zero-order valence-electron chi connectivity index (χ0n) is 13.0. The van der Waals surface area contributed by atoms with E-state index in [1.54, 1.807) is 26.8 Å². The quantitative estimate of drug-likeness (QED) is 0.767. The monoisotopic (exact) mass is 311 g/mol. The average molecular weight is 311 g/mol. The summed E-state index contributed by atoms with van der Waals surface area (Å²) in [7, 11) is 1.41. The van der Waals surface area contributed by atoms with Gasteiger partial charge in [0.15, 0.2) is 0 Å². The summed E-state index contributed by atoms with van der Waals surface area (Å²) in [5, 5.41) is 20.9. The largest absolute Gasteiger partial charge is 0.508 e. The maximum Gasteiger partial charge on any atom is 0.408 e. The predicted molar refractivity (Wildman–Crippen MR) is 79.2 cm³/mol. The van der Waals surface area contributed by atoms with Crippen LogP contribution in [-0.2, 0) is 16.0 Å². The lowest BCUT2D eigenvalue weighted by molar-refractivity contribution is -0.139. The van der Waals surface area contributed by atoms with Crippen LogP contribution in [0.3, 0.4) is 0 Å². The van der Waals surface area contributed by atoms with Gasteiger partial charge in [0, 0.05) is 12.5 Å². The lowest BCUT2D eigenvalue weighted by Gasteiger charge is -2.22. The number of carboxylic acid groups (broad SMARTS) is 1. The molecule has 0 saturated carbocycles. The van der Waals surface area contributed by atoms with Crippen molar-refractivity contribution in [3.05, 3.63) is 23.8 Å². The van der Waals surface area contributed by atoms with Crippen molar-refractivity contribution in [3.63, 3.8) is 0 Å². The van der Waals surface area contributed by atoms with Gasteiger partial charge in [-0.2, -0.15) is 0 Å². The first-order valence-electron chi connectivity index (χ1n) is 6.70. The zero-order valence-corrected chi connectivity index (χ0v) is 13.0. The van der Waals surface area contributed by atoms with Crippen LogP contribution in [0.1, 0.15) is 26.3 Å². The number of aromatic hydroxyl groups is 1. The van der Waals surface area contributed by atoms with Gasteiger partial charge in [-0.15, -0.1) is 0 Å². The number of ether oxygens (including phenoxy) is 2. The van der Waals surface area contributed by atoms with Crippen LogP contribution in [-0.4, -0.2) is 41.0 Å². The number of methoxy groups -OCH3 is 1. The minimum atomic E-state index is -1.19. The second kappa shape index (κ2) is 7.02. The van der Waals surface area contributed by atoms with Gasteiger partial charge < -0.3 is 25.0 Å². The van der Waals surface area contributed by atoms with Crippen LogP contribution in [0.4, 0.5) is 4.79 Å². The number of amides is 1. The smallest absolute Gasteiger partial charge is 0.408 e. The number of phenols is 1. The van der Waals surface area contributed by atoms with E-state index in [-0.39, 0.29) is 12.2 Å². The van der Waals surface area contributed by atoms with Gasteiger partial charge in [0.1, 0.15) is 23.1 Å². The van der Waals surface area contributed by atoms with E-state index >= 15 is 0 Å². The van der Waals surface area contributed by atoms with E-state index in [0.717, 1.165) is 0 Å². The van der Waals surface area contributed by atoms with E-state index in [2.05, 4.69) is 5.32 Å². The van der Waals surface area contributed by atoms with Crippen LogP contribution in [0.2, 0.25) is 0 Å². The third kappa shape index (κ3) is 5.51. The number of nitrogens with one attached hydrogen (secondary N) is 1. The molecule has 7 nitrogen and oxygen atoms in total. The van der Waals surface area contributed by atoms with Gasteiger partial charge in [0.25, 0.3) is 0 Å². The Kier molecular flexibility index (Phi) is 5.62. The Hall–Kier alpha value is -2.44. The van der Waals surface area contributed by atoms with Gasteiger partial charge >= 0.3 is 12.1 Å². The molecular formula is C15H21NO6. The Morgan fingerprint density at radius 2 is 1.95 bits per heavy atom. The van der Waals surface area contributed by atoms with Crippen molar-refractivity contribution >= 4 is 12.1 Å². The fourth-order valence-electron chi connectivity index (χ4n) is 1.77. The second-order valence-corrected chi connectivity index (χ2v) is 5.74. The Labute approximate surface area is 128 Å². The van der Waals surface area contributed by atoms with Crippen molar-refractivity contribution in [1.82, 2.24) is 5.32 Å². The molecule has 7 heteroatoms. The van der Waals surface area contributed by atoms with Crippen molar-refractivity contribution in [1.29, 1.82) is 0 Å². The number of alkyl carbamates (subject to hydrolysis) is 1. The second-order valence-electron chi connectivity index (χ2n) is 5.74. The standard InChI is InChI=1S/C15H21NO6/c1-15(2,3)22-14(20)16-11(13(18)19)7-9-5-6-10(17)8-12(9)21-4/h5-6,8,11,17H,7H2,1-4H3,(H,16,20)(H,18,19)/t11-/m0/s1. The molecule has 1 aromatic rings. The number of rotatable bonds is 5. The maximum atomic E-state index is 11.7. The van der Waals surface area contributed by atoms with Gasteiger partial charge in [-0.1, -0.05) is 6.07 Å². The molecule has 1 amide bonds. The Morgan fingerprint density at radius 1 is 1.32 bits per heavy atom. The van der Waals surface area contributed by atoms with Crippen molar-refractivity contribution in [3.8, 4) is 11.5 Å². The van der Waals surface area contributed by atoms with Crippen LogP contribution in [0.25, 0.3) is 0 Å². The first kappa shape index (κ1) is 17.6. The summed E-state index contributed by atoms with van der Waals surface area (Å²) in [6, 6.07) is 3.17. The minimum Gasteiger partial charge on any atom is -0.508 e. The molecule has 22 heavy (non-hydrogen) atoms. The van der Waals surface area contributed by atoms with Crippen molar-refractivity contribution in [2.45, 2.75) is 38.8 Å². The number of benzene rings is 1. The Balaban J connectivity index is 2.85. The number of carbonyl (C=O) groups is 2. The molecule has 3 N–H and O–H groups in total. The van der Waals surface area contributed by atoms with Crippen LogP contribution >= 0.6 is 0 Å². The molecule has 1 atom stereocenters. The highest BCUT2D eigenvalue weighted by atomic mass is 16.6. The summed E-state index contributed by atoms with van der Waals surface area (Å²) in [6.45, 7) is 5.06. The summed E-state index contributed by atoms with van der Waals surface area (Å²) >= 11 is 0. The first-order valence-corrected chi connectivity index (χ1v) is 6.70. The summed E-state index contributed by atoms with van der Waals surface area (Å²) in [5.41, 5.74) is -0.174. The molecule has 0 aromatic heterocycles. The fraction of sp³-hybridized carbons (Fsp3) is 0.467. The Bertz CT molecular complexity index is 549. The number of aliphatic carboxylic acids is 1. The fourth-order valence-corrected chi connectivity index (χ4v) is 1.77. The van der Waals surface area contributed by atoms with Crippen LogP contribution in [0.5, 0.6) is 11.5 Å². The number of carbonyl (C=O) groups excluding carboxylic acids is 1. The third-order valence-electron chi connectivity index (χ3n) is 2.68. The number of carboxylic acids is 1. The van der Waals surface area contributed by atoms with E-state index in [1.807, 2.05) is 0 Å².